The molecule has 0 amide bonds. The number of carboxylic acid groups (broad SMARTS) is 1. The van der Waals surface area contributed by atoms with Gasteiger partial charge in [0.2, 0.25) is 0 Å². The van der Waals surface area contributed by atoms with E-state index in [1.165, 1.54) is 0 Å². The van der Waals surface area contributed by atoms with E-state index in [0.717, 1.165) is 39.8 Å². The molecule has 3 aromatic rings. The van der Waals surface area contributed by atoms with E-state index in [2.05, 4.69) is 5.10 Å². The summed E-state index contributed by atoms with van der Waals surface area (Å²) in [6.45, 7) is 2.85. The third kappa shape index (κ3) is 3.48. The summed E-state index contributed by atoms with van der Waals surface area (Å²) >= 11 is 0. The summed E-state index contributed by atoms with van der Waals surface area (Å²) in [5.74, 6) is 0.547. The quantitative estimate of drug-likeness (QED) is 0.521. The summed E-state index contributed by atoms with van der Waals surface area (Å²) in [4.78, 5) is 10.9. The predicted octanol–water partition coefficient (Wildman–Crippen LogP) is 2.80. The van der Waals surface area contributed by atoms with Gasteiger partial charge in [-0.05, 0) is 31.2 Å². The molecule has 2 aromatic heterocycles. The third-order valence-electron chi connectivity index (χ3n) is 4.08. The lowest BCUT2D eigenvalue weighted by molar-refractivity contribution is -0.131. The fraction of sp³-hybridized carbons (Fsp3) is 0.263. The van der Waals surface area contributed by atoms with Crippen LogP contribution in [0.1, 0.15) is 11.3 Å². The smallest absolute Gasteiger partial charge is 0.328 e. The van der Waals surface area contributed by atoms with Gasteiger partial charge in [-0.15, -0.1) is 0 Å². The molecular weight excluding hydrogens is 334 g/mol. The van der Waals surface area contributed by atoms with Gasteiger partial charge in [0, 0.05) is 43.4 Å². The lowest BCUT2D eigenvalue weighted by Gasteiger charge is -2.10. The molecule has 0 bridgehead atoms. The zero-order chi connectivity index (χ0) is 18.7. The molecule has 0 aliphatic rings. The average Bonchev–Trinajstić information content (AvgIpc) is 3.12. The van der Waals surface area contributed by atoms with Crippen molar-refractivity contribution < 1.29 is 19.4 Å². The van der Waals surface area contributed by atoms with E-state index in [1.54, 1.807) is 17.9 Å². The number of rotatable bonds is 7. The van der Waals surface area contributed by atoms with E-state index in [0.29, 0.717) is 13.2 Å². The Labute approximate surface area is 151 Å². The molecule has 0 radical (unpaired) electrons. The Morgan fingerprint density at radius 1 is 1.31 bits per heavy atom. The monoisotopic (exact) mass is 355 g/mol. The van der Waals surface area contributed by atoms with Crippen LogP contribution < -0.4 is 4.74 Å². The van der Waals surface area contributed by atoms with Crippen molar-refractivity contribution in [3.63, 3.8) is 0 Å². The molecule has 0 spiro atoms. The van der Waals surface area contributed by atoms with Crippen molar-refractivity contribution in [3.8, 4) is 11.6 Å². The van der Waals surface area contributed by atoms with Crippen molar-refractivity contribution in [3.05, 3.63) is 47.8 Å². The minimum atomic E-state index is -0.995. The van der Waals surface area contributed by atoms with Crippen LogP contribution in [0.25, 0.3) is 22.8 Å². The van der Waals surface area contributed by atoms with Gasteiger partial charge in [0.1, 0.15) is 18.2 Å². The summed E-state index contributed by atoms with van der Waals surface area (Å²) in [6.07, 6.45) is 4.64. The van der Waals surface area contributed by atoms with Crippen LogP contribution >= 0.6 is 0 Å². The van der Waals surface area contributed by atoms with Crippen LogP contribution in [-0.2, 0) is 16.6 Å². The highest BCUT2D eigenvalue weighted by Gasteiger charge is 2.15. The molecule has 1 N–H and O–H groups in total. The Hall–Kier alpha value is -3.06. The van der Waals surface area contributed by atoms with Gasteiger partial charge in [-0.2, -0.15) is 5.10 Å². The fourth-order valence-corrected chi connectivity index (χ4v) is 2.92. The Balaban J connectivity index is 2.08. The maximum Gasteiger partial charge on any atom is 0.328 e. The van der Waals surface area contributed by atoms with Crippen molar-refractivity contribution in [1.29, 1.82) is 0 Å². The van der Waals surface area contributed by atoms with Crippen LogP contribution in [0.2, 0.25) is 0 Å². The van der Waals surface area contributed by atoms with Gasteiger partial charge in [-0.3, -0.25) is 4.68 Å². The number of aryl methyl sites for hydroxylation is 2. The molecule has 7 heteroatoms. The average molecular weight is 355 g/mol. The summed E-state index contributed by atoms with van der Waals surface area (Å²) < 4.78 is 14.5. The Bertz CT molecular complexity index is 969. The Morgan fingerprint density at radius 2 is 2.12 bits per heavy atom. The van der Waals surface area contributed by atoms with Crippen molar-refractivity contribution in [2.45, 2.75) is 6.92 Å². The first-order valence-electron chi connectivity index (χ1n) is 8.19. The highest BCUT2D eigenvalue weighted by molar-refractivity contribution is 5.87. The summed E-state index contributed by atoms with van der Waals surface area (Å²) in [5.41, 5.74) is 2.47. The number of fused-ring (bicyclic) bond motifs is 1. The number of ether oxygens (including phenoxy) is 2. The second-order valence-electron chi connectivity index (χ2n) is 5.87. The molecule has 26 heavy (non-hydrogen) atoms. The number of carbonyl (C=O) groups is 1. The number of aliphatic carboxylic acids is 1. The van der Waals surface area contributed by atoms with E-state index in [4.69, 9.17) is 14.6 Å². The number of aromatic nitrogens is 3. The number of hydrogen-bond donors (Lipinski definition) is 1. The van der Waals surface area contributed by atoms with Gasteiger partial charge < -0.3 is 19.1 Å². The van der Waals surface area contributed by atoms with Crippen molar-refractivity contribution in [1.82, 2.24) is 14.3 Å². The number of hydrogen-bond acceptors (Lipinski definition) is 4. The summed E-state index contributed by atoms with van der Waals surface area (Å²) in [6, 6.07) is 7.87. The Morgan fingerprint density at radius 3 is 2.85 bits per heavy atom. The molecule has 3 rings (SSSR count). The molecule has 0 unspecified atom stereocenters. The minimum Gasteiger partial charge on any atom is -0.491 e. The van der Waals surface area contributed by atoms with Crippen molar-refractivity contribution >= 4 is 22.9 Å². The third-order valence-corrected chi connectivity index (χ3v) is 4.08. The van der Waals surface area contributed by atoms with Gasteiger partial charge in [-0.25, -0.2) is 4.79 Å². The first kappa shape index (κ1) is 17.8. The minimum absolute atomic E-state index is 0.472. The molecule has 0 aliphatic heterocycles. The van der Waals surface area contributed by atoms with Crippen LogP contribution in [-0.4, -0.2) is 45.7 Å². The number of carboxylic acids is 1. The normalized spacial score (nSPS) is 11.5. The zero-order valence-electron chi connectivity index (χ0n) is 15.0. The first-order valence-corrected chi connectivity index (χ1v) is 8.19. The van der Waals surface area contributed by atoms with Crippen LogP contribution in [0.15, 0.2) is 36.5 Å². The van der Waals surface area contributed by atoms with Crippen LogP contribution in [0.5, 0.6) is 5.75 Å². The molecular formula is C19H21N3O4. The predicted molar refractivity (Wildman–Crippen MR) is 98.8 cm³/mol. The molecule has 0 saturated heterocycles. The number of methoxy groups -OCH3 is 1. The molecule has 7 nitrogen and oxygen atoms in total. The lowest BCUT2D eigenvalue weighted by Crippen LogP contribution is -2.05. The standard InChI is InChI=1S/C19H21N3O4/c1-13-16(6-7-18(23)24)19(21(2)20-13)22-9-8-14-4-5-15(12-17(14)22)26-11-10-25-3/h4-9,12H,10-11H2,1-3H3,(H,23,24)/b7-6+. The summed E-state index contributed by atoms with van der Waals surface area (Å²) in [7, 11) is 3.47. The molecule has 2 heterocycles. The second-order valence-corrected chi connectivity index (χ2v) is 5.87. The SMILES string of the molecule is COCCOc1ccc2ccn(-c3c(/C=C/C(=O)O)c(C)nn3C)c2c1. The highest BCUT2D eigenvalue weighted by atomic mass is 16.5. The van der Waals surface area contributed by atoms with E-state index >= 15 is 0 Å². The van der Waals surface area contributed by atoms with E-state index in [9.17, 15) is 4.79 Å². The summed E-state index contributed by atoms with van der Waals surface area (Å²) in [5, 5.41) is 14.4. The maximum atomic E-state index is 10.9. The topological polar surface area (TPSA) is 78.5 Å². The number of benzene rings is 1. The Kier molecular flexibility index (Phi) is 5.09. The molecule has 1 aromatic carbocycles. The van der Waals surface area contributed by atoms with Crippen molar-refractivity contribution in [2.75, 3.05) is 20.3 Å². The van der Waals surface area contributed by atoms with Crippen LogP contribution in [0, 0.1) is 6.92 Å². The first-order chi connectivity index (χ1) is 12.5. The molecule has 0 atom stereocenters. The largest absolute Gasteiger partial charge is 0.491 e. The molecule has 0 fully saturated rings. The molecule has 136 valence electrons. The van der Waals surface area contributed by atoms with Crippen LogP contribution in [0.4, 0.5) is 0 Å². The number of nitrogens with zero attached hydrogens (tertiary/aromatic N) is 3. The van der Waals surface area contributed by atoms with Gasteiger partial charge in [-0.1, -0.05) is 0 Å². The fourth-order valence-electron chi connectivity index (χ4n) is 2.92. The zero-order valence-corrected chi connectivity index (χ0v) is 15.0. The van der Waals surface area contributed by atoms with Crippen LogP contribution in [0.3, 0.4) is 0 Å². The maximum absolute atomic E-state index is 10.9. The van der Waals surface area contributed by atoms with Gasteiger partial charge >= 0.3 is 5.97 Å². The second kappa shape index (κ2) is 7.45. The lowest BCUT2D eigenvalue weighted by atomic mass is 10.2. The highest BCUT2D eigenvalue weighted by Crippen LogP contribution is 2.28. The molecule has 0 saturated carbocycles. The van der Waals surface area contributed by atoms with Gasteiger partial charge in [0.25, 0.3) is 0 Å². The van der Waals surface area contributed by atoms with E-state index in [-0.39, 0.29) is 0 Å². The van der Waals surface area contributed by atoms with E-state index < -0.39 is 5.97 Å². The van der Waals surface area contributed by atoms with Gasteiger partial charge in [0.15, 0.2) is 0 Å². The van der Waals surface area contributed by atoms with Gasteiger partial charge in [0.05, 0.1) is 17.8 Å². The molecule has 0 aliphatic carbocycles. The van der Waals surface area contributed by atoms with Crippen molar-refractivity contribution in [2.24, 2.45) is 7.05 Å². The van der Waals surface area contributed by atoms with E-state index in [1.807, 2.05) is 49.0 Å².